The van der Waals surface area contributed by atoms with Crippen molar-refractivity contribution in [3.8, 4) is 62.2 Å². The fourth-order valence-electron chi connectivity index (χ4n) is 9.52. The van der Waals surface area contributed by atoms with Gasteiger partial charge in [-0.3, -0.25) is 0 Å². The van der Waals surface area contributed by atoms with Gasteiger partial charge in [0.15, 0.2) is 17.5 Å². The standard InChI is InChI=1S/C54H37N3O2/c1-54(2)44-19-8-6-16-38(44)39-25-22-36(30-45(39)54)34-15-10-14-33(28-34)35-24-27-47-43(29-35)50-42(18-11-21-48(50)58-47)53-56-51(32-12-4-3-5-13-32)55-52(57-53)37-23-26-41-40-17-7-9-20-46(40)59-49(41)31-37/h3-31,43,47H,1-2H3. The minimum absolute atomic E-state index is 0.0311. The molecule has 0 saturated carbocycles. The summed E-state index contributed by atoms with van der Waals surface area (Å²) >= 11 is 0. The first-order valence-corrected chi connectivity index (χ1v) is 20.2. The van der Waals surface area contributed by atoms with E-state index in [0.717, 1.165) is 55.5 Å². The highest BCUT2D eigenvalue weighted by Crippen LogP contribution is 2.50. The third-order valence-electron chi connectivity index (χ3n) is 12.5. The molecule has 9 aromatic rings. The predicted octanol–water partition coefficient (Wildman–Crippen LogP) is 13.2. The molecule has 0 radical (unpaired) electrons. The van der Waals surface area contributed by atoms with Crippen LogP contribution in [-0.2, 0) is 5.41 Å². The Morgan fingerprint density at radius 1 is 0.492 bits per heavy atom. The zero-order valence-corrected chi connectivity index (χ0v) is 32.6. The number of hydrogen-bond acceptors (Lipinski definition) is 5. The SMILES string of the molecule is CC1(C)c2ccccc2-c2ccc(-c3cccc(C4=CC5c6c(cccc6-c6nc(-c7ccccc7)nc(-c7ccc8c(c7)oc7ccccc78)n6)OC5C=C4)c3)cc21. The van der Waals surface area contributed by atoms with Crippen LogP contribution in [0.15, 0.2) is 180 Å². The van der Waals surface area contributed by atoms with Gasteiger partial charge >= 0.3 is 0 Å². The summed E-state index contributed by atoms with van der Waals surface area (Å²) in [4.78, 5) is 15.4. The zero-order valence-electron chi connectivity index (χ0n) is 32.6. The monoisotopic (exact) mass is 759 g/mol. The highest BCUT2D eigenvalue weighted by Gasteiger charge is 2.37. The summed E-state index contributed by atoms with van der Waals surface area (Å²) in [6.07, 6.45) is 6.63. The maximum atomic E-state index is 6.63. The van der Waals surface area contributed by atoms with E-state index in [4.69, 9.17) is 24.1 Å². The summed E-state index contributed by atoms with van der Waals surface area (Å²) in [6, 6.07) is 55.3. The van der Waals surface area contributed by atoms with E-state index in [-0.39, 0.29) is 17.4 Å². The van der Waals surface area contributed by atoms with Crippen LogP contribution in [-0.4, -0.2) is 21.1 Å². The number of ether oxygens (including phenoxy) is 1. The summed E-state index contributed by atoms with van der Waals surface area (Å²) in [5.41, 5.74) is 15.6. The van der Waals surface area contributed by atoms with Crippen LogP contribution in [0.5, 0.6) is 5.75 Å². The summed E-state index contributed by atoms with van der Waals surface area (Å²) in [6.45, 7) is 4.67. The molecular weight excluding hydrogens is 723 g/mol. The Labute approximate surface area is 342 Å². The third-order valence-corrected chi connectivity index (χ3v) is 12.5. The fourth-order valence-corrected chi connectivity index (χ4v) is 9.52. The van der Waals surface area contributed by atoms with Crippen LogP contribution in [0.4, 0.5) is 0 Å². The summed E-state index contributed by atoms with van der Waals surface area (Å²) in [5, 5.41) is 2.15. The van der Waals surface area contributed by atoms with Crippen molar-refractivity contribution < 1.29 is 9.15 Å². The lowest BCUT2D eigenvalue weighted by Crippen LogP contribution is -2.17. The first-order valence-electron chi connectivity index (χ1n) is 20.2. The quantitative estimate of drug-likeness (QED) is 0.175. The number of para-hydroxylation sites is 1. The van der Waals surface area contributed by atoms with Gasteiger partial charge in [0.2, 0.25) is 0 Å². The van der Waals surface area contributed by atoms with Gasteiger partial charge in [-0.2, -0.15) is 0 Å². The lowest BCUT2D eigenvalue weighted by atomic mass is 9.81. The molecule has 3 aliphatic rings. The molecule has 7 aromatic carbocycles. The molecule has 5 heteroatoms. The van der Waals surface area contributed by atoms with Crippen LogP contribution in [0.3, 0.4) is 0 Å². The van der Waals surface area contributed by atoms with Crippen molar-refractivity contribution in [2.45, 2.75) is 31.3 Å². The maximum absolute atomic E-state index is 6.63. The Balaban J connectivity index is 0.937. The van der Waals surface area contributed by atoms with E-state index in [1.165, 1.54) is 38.9 Å². The molecular formula is C54H37N3O2. The number of nitrogens with zero attached hydrogens (tertiary/aromatic N) is 3. The second-order valence-corrected chi connectivity index (χ2v) is 16.3. The minimum atomic E-state index is -0.135. The van der Waals surface area contributed by atoms with Crippen LogP contribution in [0.2, 0.25) is 0 Å². The van der Waals surface area contributed by atoms with Crippen molar-refractivity contribution in [1.29, 1.82) is 0 Å². The van der Waals surface area contributed by atoms with Crippen LogP contribution in [0.25, 0.3) is 83.9 Å². The van der Waals surface area contributed by atoms with Crippen molar-refractivity contribution in [1.82, 2.24) is 15.0 Å². The number of allylic oxidation sites excluding steroid dienone is 2. The number of benzene rings is 7. The van der Waals surface area contributed by atoms with E-state index in [1.807, 2.05) is 60.7 Å². The second-order valence-electron chi connectivity index (χ2n) is 16.3. The minimum Gasteiger partial charge on any atom is -0.485 e. The maximum Gasteiger partial charge on any atom is 0.164 e. The van der Waals surface area contributed by atoms with E-state index in [0.29, 0.717) is 17.5 Å². The Morgan fingerprint density at radius 3 is 2.08 bits per heavy atom. The number of furan rings is 1. The van der Waals surface area contributed by atoms with Crippen molar-refractivity contribution in [3.63, 3.8) is 0 Å². The van der Waals surface area contributed by atoms with Gasteiger partial charge in [-0.25, -0.2) is 15.0 Å². The largest absolute Gasteiger partial charge is 0.485 e. The number of rotatable bonds is 5. The molecule has 5 nitrogen and oxygen atoms in total. The Hall–Kier alpha value is -7.37. The van der Waals surface area contributed by atoms with E-state index in [1.54, 1.807) is 0 Å². The van der Waals surface area contributed by atoms with E-state index < -0.39 is 0 Å². The van der Waals surface area contributed by atoms with Crippen molar-refractivity contribution in [3.05, 3.63) is 198 Å². The van der Waals surface area contributed by atoms with Crippen LogP contribution in [0.1, 0.15) is 42.0 Å². The molecule has 0 fully saturated rings. The molecule has 59 heavy (non-hydrogen) atoms. The first-order chi connectivity index (χ1) is 29.0. The molecule has 12 rings (SSSR count). The molecule has 2 aromatic heterocycles. The smallest absolute Gasteiger partial charge is 0.164 e. The van der Waals surface area contributed by atoms with Gasteiger partial charge in [-0.1, -0.05) is 147 Å². The number of fused-ring (bicyclic) bond motifs is 9. The first kappa shape index (κ1) is 33.7. The highest BCUT2D eigenvalue weighted by atomic mass is 16.5. The molecule has 2 unspecified atom stereocenters. The summed E-state index contributed by atoms with van der Waals surface area (Å²) < 4.78 is 12.9. The predicted molar refractivity (Wildman–Crippen MR) is 237 cm³/mol. The number of aromatic nitrogens is 3. The molecule has 2 aliphatic carbocycles. The van der Waals surface area contributed by atoms with Gasteiger partial charge in [0.05, 0.1) is 0 Å². The molecule has 0 amide bonds. The highest BCUT2D eigenvalue weighted by molar-refractivity contribution is 6.05. The van der Waals surface area contributed by atoms with Gasteiger partial charge in [0, 0.05) is 44.4 Å². The van der Waals surface area contributed by atoms with Crippen LogP contribution in [0, 0.1) is 0 Å². The van der Waals surface area contributed by atoms with Crippen molar-refractivity contribution in [2.75, 3.05) is 0 Å². The number of hydrogen-bond donors (Lipinski definition) is 0. The summed E-state index contributed by atoms with van der Waals surface area (Å²) in [5.74, 6) is 2.62. The lowest BCUT2D eigenvalue weighted by molar-refractivity contribution is 0.269. The van der Waals surface area contributed by atoms with E-state index in [2.05, 4.69) is 129 Å². The van der Waals surface area contributed by atoms with Crippen molar-refractivity contribution in [2.24, 2.45) is 0 Å². The Kier molecular flexibility index (Phi) is 7.33. The average Bonchev–Trinajstić information content (AvgIpc) is 3.93. The van der Waals surface area contributed by atoms with Gasteiger partial charge in [-0.15, -0.1) is 0 Å². The molecule has 2 atom stereocenters. The third kappa shape index (κ3) is 5.35. The molecule has 0 spiro atoms. The van der Waals surface area contributed by atoms with Gasteiger partial charge in [0.1, 0.15) is 23.0 Å². The fraction of sp³-hybridized carbons (Fsp3) is 0.0926. The van der Waals surface area contributed by atoms with Crippen LogP contribution >= 0.6 is 0 Å². The lowest BCUT2D eigenvalue weighted by Gasteiger charge is -2.22. The normalized spacial score (nSPS) is 16.9. The molecule has 0 bridgehead atoms. The average molecular weight is 760 g/mol. The summed E-state index contributed by atoms with van der Waals surface area (Å²) in [7, 11) is 0. The van der Waals surface area contributed by atoms with E-state index >= 15 is 0 Å². The Morgan fingerprint density at radius 2 is 1.17 bits per heavy atom. The molecule has 1 aliphatic heterocycles. The van der Waals surface area contributed by atoms with Crippen molar-refractivity contribution >= 4 is 27.5 Å². The van der Waals surface area contributed by atoms with Gasteiger partial charge < -0.3 is 9.15 Å². The van der Waals surface area contributed by atoms with Gasteiger partial charge in [0.25, 0.3) is 0 Å². The molecule has 280 valence electrons. The zero-order chi connectivity index (χ0) is 39.2. The van der Waals surface area contributed by atoms with Gasteiger partial charge in [-0.05, 0) is 87.0 Å². The second kappa shape index (κ2) is 12.8. The molecule has 3 heterocycles. The molecule has 0 N–H and O–H groups in total. The Bertz CT molecular complexity index is 3250. The van der Waals surface area contributed by atoms with E-state index in [9.17, 15) is 0 Å². The molecule has 0 saturated heterocycles. The topological polar surface area (TPSA) is 61.0 Å². The van der Waals surface area contributed by atoms with Crippen LogP contribution < -0.4 is 4.74 Å².